The van der Waals surface area contributed by atoms with Gasteiger partial charge in [-0.05, 0) is 19.8 Å². The molecule has 1 aliphatic rings. The van der Waals surface area contributed by atoms with Crippen molar-refractivity contribution in [2.45, 2.75) is 51.6 Å². The summed E-state index contributed by atoms with van der Waals surface area (Å²) in [6.45, 7) is 10.3. The van der Waals surface area contributed by atoms with Gasteiger partial charge in [0.2, 0.25) is 0 Å². The summed E-state index contributed by atoms with van der Waals surface area (Å²) < 4.78 is 0. The number of rotatable bonds is 5. The van der Waals surface area contributed by atoms with E-state index in [4.69, 9.17) is 0 Å². The van der Waals surface area contributed by atoms with Crippen LogP contribution in [0.2, 0.25) is 0 Å². The number of aromatic nitrogens is 1. The van der Waals surface area contributed by atoms with Crippen LogP contribution in [0.4, 0.5) is 0 Å². The lowest BCUT2D eigenvalue weighted by Gasteiger charge is -2.46. The highest BCUT2D eigenvalue weighted by Gasteiger charge is 2.34. The van der Waals surface area contributed by atoms with Crippen molar-refractivity contribution < 1.29 is 0 Å². The smallest absolute Gasteiger partial charge is 0.0937 e. The van der Waals surface area contributed by atoms with Crippen molar-refractivity contribution in [3.05, 3.63) is 16.6 Å². The maximum Gasteiger partial charge on any atom is 0.0937 e. The van der Waals surface area contributed by atoms with Gasteiger partial charge in [0.25, 0.3) is 0 Å². The lowest BCUT2D eigenvalue weighted by atomic mass is 9.88. The summed E-state index contributed by atoms with van der Waals surface area (Å²) in [4.78, 5) is 7.01. The molecular formula is C14H25N3S. The van der Waals surface area contributed by atoms with E-state index in [-0.39, 0.29) is 0 Å². The van der Waals surface area contributed by atoms with E-state index >= 15 is 0 Å². The third kappa shape index (κ3) is 3.11. The van der Waals surface area contributed by atoms with Gasteiger partial charge in [0.1, 0.15) is 0 Å². The second-order valence-electron chi connectivity index (χ2n) is 5.36. The molecule has 1 fully saturated rings. The highest BCUT2D eigenvalue weighted by atomic mass is 32.1. The maximum atomic E-state index is 4.38. The number of hydrogen-bond donors (Lipinski definition) is 1. The van der Waals surface area contributed by atoms with Gasteiger partial charge >= 0.3 is 0 Å². The number of thiazole rings is 1. The van der Waals surface area contributed by atoms with Crippen molar-refractivity contribution in [1.82, 2.24) is 15.2 Å². The normalized spacial score (nSPS) is 24.3. The third-order valence-corrected chi connectivity index (χ3v) is 5.19. The molecule has 1 atom stereocenters. The van der Waals surface area contributed by atoms with Gasteiger partial charge in [0, 0.05) is 49.2 Å². The van der Waals surface area contributed by atoms with Crippen LogP contribution in [0.25, 0.3) is 0 Å². The molecule has 1 unspecified atom stereocenters. The summed E-state index contributed by atoms with van der Waals surface area (Å²) in [6.07, 6.45) is 5.42. The molecule has 4 heteroatoms. The number of nitrogens with zero attached hydrogens (tertiary/aromatic N) is 2. The predicted molar refractivity (Wildman–Crippen MR) is 78.2 cm³/mol. The Hall–Kier alpha value is -0.450. The van der Waals surface area contributed by atoms with E-state index in [1.807, 2.05) is 6.20 Å². The van der Waals surface area contributed by atoms with Gasteiger partial charge in [0.05, 0.1) is 5.01 Å². The van der Waals surface area contributed by atoms with Crippen molar-refractivity contribution >= 4 is 11.3 Å². The van der Waals surface area contributed by atoms with Gasteiger partial charge < -0.3 is 5.32 Å². The quantitative estimate of drug-likeness (QED) is 0.888. The van der Waals surface area contributed by atoms with Crippen molar-refractivity contribution in [2.24, 2.45) is 0 Å². The van der Waals surface area contributed by atoms with Crippen molar-refractivity contribution in [3.8, 4) is 0 Å². The molecule has 1 aliphatic heterocycles. The highest BCUT2D eigenvalue weighted by molar-refractivity contribution is 7.09. The first-order valence-corrected chi connectivity index (χ1v) is 7.94. The second-order valence-corrected chi connectivity index (χ2v) is 6.34. The Morgan fingerprint density at radius 2 is 2.28 bits per heavy atom. The zero-order valence-corrected chi connectivity index (χ0v) is 12.6. The topological polar surface area (TPSA) is 28.2 Å². The van der Waals surface area contributed by atoms with Crippen LogP contribution in [0.5, 0.6) is 0 Å². The van der Waals surface area contributed by atoms with Crippen LogP contribution in [-0.4, -0.2) is 41.1 Å². The van der Waals surface area contributed by atoms with Gasteiger partial charge in [-0.1, -0.05) is 13.8 Å². The Morgan fingerprint density at radius 1 is 1.50 bits per heavy atom. The molecule has 0 amide bonds. The summed E-state index contributed by atoms with van der Waals surface area (Å²) in [7, 11) is 0. The minimum absolute atomic E-state index is 0.329. The fourth-order valence-corrected chi connectivity index (χ4v) is 3.34. The molecule has 102 valence electrons. The van der Waals surface area contributed by atoms with Crippen LogP contribution in [-0.2, 0) is 6.42 Å². The molecule has 1 N–H and O–H groups in total. The van der Waals surface area contributed by atoms with E-state index in [9.17, 15) is 0 Å². The molecule has 1 saturated heterocycles. The zero-order chi connectivity index (χ0) is 13.0. The molecule has 0 saturated carbocycles. The summed E-state index contributed by atoms with van der Waals surface area (Å²) >= 11 is 1.77. The fourth-order valence-electron chi connectivity index (χ4n) is 2.73. The average Bonchev–Trinajstić information content (AvgIpc) is 2.91. The molecule has 2 heterocycles. The molecule has 18 heavy (non-hydrogen) atoms. The monoisotopic (exact) mass is 267 g/mol. The lowest BCUT2D eigenvalue weighted by molar-refractivity contribution is 0.0819. The second kappa shape index (κ2) is 6.13. The Kier molecular flexibility index (Phi) is 4.76. The lowest BCUT2D eigenvalue weighted by Crippen LogP contribution is -2.63. The van der Waals surface area contributed by atoms with E-state index in [0.29, 0.717) is 11.6 Å². The van der Waals surface area contributed by atoms with Gasteiger partial charge in [-0.3, -0.25) is 4.90 Å². The molecule has 1 aromatic rings. The van der Waals surface area contributed by atoms with Gasteiger partial charge in [0.15, 0.2) is 0 Å². The van der Waals surface area contributed by atoms with Crippen LogP contribution < -0.4 is 5.32 Å². The molecule has 0 aromatic carbocycles. The van der Waals surface area contributed by atoms with Crippen LogP contribution in [0.3, 0.4) is 0 Å². The minimum atomic E-state index is 0.329. The Bertz CT molecular complexity index is 346. The number of hydrogen-bond acceptors (Lipinski definition) is 4. The van der Waals surface area contributed by atoms with Crippen molar-refractivity contribution in [3.63, 3.8) is 0 Å². The first-order chi connectivity index (χ1) is 8.69. The number of piperazine rings is 1. The molecule has 2 rings (SSSR count). The van der Waals surface area contributed by atoms with Gasteiger partial charge in [-0.2, -0.15) is 0 Å². The minimum Gasteiger partial charge on any atom is -0.308 e. The Labute approximate surface area is 115 Å². The van der Waals surface area contributed by atoms with E-state index in [2.05, 4.69) is 41.4 Å². The summed E-state index contributed by atoms with van der Waals surface area (Å²) in [6, 6.07) is 0.635. The maximum absolute atomic E-state index is 4.38. The summed E-state index contributed by atoms with van der Waals surface area (Å²) in [5.74, 6) is 0. The zero-order valence-electron chi connectivity index (χ0n) is 11.8. The third-order valence-electron chi connectivity index (χ3n) is 4.35. The van der Waals surface area contributed by atoms with Crippen molar-refractivity contribution in [1.29, 1.82) is 0 Å². The van der Waals surface area contributed by atoms with Gasteiger partial charge in [-0.25, -0.2) is 4.98 Å². The van der Waals surface area contributed by atoms with Crippen LogP contribution in [0, 0.1) is 0 Å². The highest BCUT2D eigenvalue weighted by Crippen LogP contribution is 2.22. The average molecular weight is 267 g/mol. The van der Waals surface area contributed by atoms with E-state index in [1.165, 1.54) is 24.4 Å². The largest absolute Gasteiger partial charge is 0.308 e. The predicted octanol–water partition coefficient (Wildman–Crippen LogP) is 2.54. The standard InChI is InChI=1S/C14H25N3S/c1-4-14(5-2)11-17(12(3)10-16-14)8-6-13-15-7-9-18-13/h7,9,12,16H,4-6,8,10-11H2,1-3H3. The van der Waals surface area contributed by atoms with Crippen molar-refractivity contribution in [2.75, 3.05) is 19.6 Å². The van der Waals surface area contributed by atoms with E-state index in [0.717, 1.165) is 19.5 Å². The molecule has 3 nitrogen and oxygen atoms in total. The Balaban J connectivity index is 1.93. The molecule has 0 bridgehead atoms. The molecule has 1 aromatic heterocycles. The van der Waals surface area contributed by atoms with Gasteiger partial charge in [-0.15, -0.1) is 11.3 Å². The summed E-state index contributed by atoms with van der Waals surface area (Å²) in [5, 5.41) is 7.08. The Morgan fingerprint density at radius 3 is 2.89 bits per heavy atom. The first-order valence-electron chi connectivity index (χ1n) is 7.06. The SMILES string of the molecule is CCC1(CC)CN(CCc2nccs2)C(C)CN1. The van der Waals surface area contributed by atoms with Crippen LogP contribution in [0.1, 0.15) is 38.6 Å². The molecule has 0 aliphatic carbocycles. The molecular weight excluding hydrogens is 242 g/mol. The summed E-state index contributed by atoms with van der Waals surface area (Å²) in [5.41, 5.74) is 0.329. The molecule has 0 spiro atoms. The first kappa shape index (κ1) is 14.0. The van der Waals surface area contributed by atoms with Crippen LogP contribution >= 0.6 is 11.3 Å². The molecule has 0 radical (unpaired) electrons. The van der Waals surface area contributed by atoms with E-state index < -0.39 is 0 Å². The van der Waals surface area contributed by atoms with E-state index in [1.54, 1.807) is 11.3 Å². The fraction of sp³-hybridized carbons (Fsp3) is 0.786. The number of nitrogens with one attached hydrogen (secondary N) is 1. The van der Waals surface area contributed by atoms with Crippen LogP contribution in [0.15, 0.2) is 11.6 Å².